The molecule has 2 aromatic carbocycles. The molecule has 0 aromatic heterocycles. The highest BCUT2D eigenvalue weighted by Gasteiger charge is 2.31. The Hall–Kier alpha value is -3.30. The standard InChI is InChI=1S/C15H11F3N2O5/c1-24-14(21)9-2-7-12(13(8-9)20(22)23)19-10-3-5-11(6-4-10)25-15(16,17)18/h2-8,19H,1H3. The van der Waals surface area contributed by atoms with Gasteiger partial charge in [-0.3, -0.25) is 10.1 Å². The van der Waals surface area contributed by atoms with Crippen molar-refractivity contribution in [3.8, 4) is 5.75 Å². The highest BCUT2D eigenvalue weighted by Crippen LogP contribution is 2.30. The maximum absolute atomic E-state index is 12.1. The van der Waals surface area contributed by atoms with Crippen molar-refractivity contribution in [3.05, 3.63) is 58.1 Å². The van der Waals surface area contributed by atoms with Crippen molar-refractivity contribution >= 4 is 23.0 Å². The number of nitrogens with zero attached hydrogens (tertiary/aromatic N) is 1. The van der Waals surface area contributed by atoms with Crippen LogP contribution in [-0.4, -0.2) is 24.4 Å². The molecule has 0 saturated carbocycles. The predicted molar refractivity (Wildman–Crippen MR) is 80.8 cm³/mol. The van der Waals surface area contributed by atoms with Gasteiger partial charge < -0.3 is 14.8 Å². The summed E-state index contributed by atoms with van der Waals surface area (Å²) in [5.74, 6) is -1.16. The molecule has 0 fully saturated rings. The fourth-order valence-corrected chi connectivity index (χ4v) is 1.93. The Balaban J connectivity index is 2.24. The van der Waals surface area contributed by atoms with Crippen LogP contribution in [0.2, 0.25) is 0 Å². The van der Waals surface area contributed by atoms with E-state index >= 15 is 0 Å². The third-order valence-corrected chi connectivity index (χ3v) is 2.98. The summed E-state index contributed by atoms with van der Waals surface area (Å²) in [5, 5.41) is 13.9. The first-order valence-corrected chi connectivity index (χ1v) is 6.69. The number of halogens is 3. The van der Waals surface area contributed by atoms with Gasteiger partial charge in [0, 0.05) is 11.8 Å². The molecule has 0 saturated heterocycles. The van der Waals surface area contributed by atoms with Gasteiger partial charge in [0.05, 0.1) is 17.6 Å². The van der Waals surface area contributed by atoms with Crippen LogP contribution in [0.4, 0.5) is 30.2 Å². The maximum Gasteiger partial charge on any atom is 0.573 e. The van der Waals surface area contributed by atoms with Crippen LogP contribution in [0.1, 0.15) is 10.4 Å². The average Bonchev–Trinajstić information content (AvgIpc) is 2.54. The Kier molecular flexibility index (Phi) is 5.11. The molecule has 0 spiro atoms. The number of hydrogen-bond acceptors (Lipinski definition) is 6. The zero-order chi connectivity index (χ0) is 18.6. The number of alkyl halides is 3. The van der Waals surface area contributed by atoms with Crippen LogP contribution in [-0.2, 0) is 4.74 Å². The summed E-state index contributed by atoms with van der Waals surface area (Å²) in [6.45, 7) is 0. The lowest BCUT2D eigenvalue weighted by molar-refractivity contribution is -0.383. The van der Waals surface area contributed by atoms with E-state index in [1.807, 2.05) is 0 Å². The van der Waals surface area contributed by atoms with Gasteiger partial charge in [0.15, 0.2) is 0 Å². The lowest BCUT2D eigenvalue weighted by Gasteiger charge is -2.11. The Morgan fingerprint density at radius 3 is 2.32 bits per heavy atom. The van der Waals surface area contributed by atoms with Crippen molar-refractivity contribution in [2.45, 2.75) is 6.36 Å². The molecule has 0 atom stereocenters. The molecule has 0 aliphatic rings. The second kappa shape index (κ2) is 7.07. The number of anilines is 2. The van der Waals surface area contributed by atoms with E-state index in [9.17, 15) is 28.1 Å². The molecule has 0 heterocycles. The molecule has 0 aliphatic heterocycles. The molecule has 7 nitrogen and oxygen atoms in total. The summed E-state index contributed by atoms with van der Waals surface area (Å²) in [5.41, 5.74) is -0.0437. The van der Waals surface area contributed by atoms with Crippen LogP contribution in [0.25, 0.3) is 0 Å². The summed E-state index contributed by atoms with van der Waals surface area (Å²) in [6.07, 6.45) is -4.81. The van der Waals surface area contributed by atoms with E-state index in [1.165, 1.54) is 24.3 Å². The number of nitro groups is 1. The number of carbonyl (C=O) groups excluding carboxylic acids is 1. The second-order valence-corrected chi connectivity index (χ2v) is 4.68. The first-order valence-electron chi connectivity index (χ1n) is 6.69. The SMILES string of the molecule is COC(=O)c1ccc(Nc2ccc(OC(F)(F)F)cc2)c([N+](=O)[O-])c1. The topological polar surface area (TPSA) is 90.7 Å². The lowest BCUT2D eigenvalue weighted by atomic mass is 10.1. The Morgan fingerprint density at radius 2 is 1.80 bits per heavy atom. The monoisotopic (exact) mass is 356 g/mol. The van der Waals surface area contributed by atoms with Gasteiger partial charge in [0.2, 0.25) is 0 Å². The number of benzene rings is 2. The minimum Gasteiger partial charge on any atom is -0.465 e. The fourth-order valence-electron chi connectivity index (χ4n) is 1.93. The zero-order valence-electron chi connectivity index (χ0n) is 12.7. The van der Waals surface area contributed by atoms with Crippen molar-refractivity contribution in [1.82, 2.24) is 0 Å². The molecule has 132 valence electrons. The predicted octanol–water partition coefficient (Wildman–Crippen LogP) is 4.02. The van der Waals surface area contributed by atoms with Crippen molar-refractivity contribution in [2.24, 2.45) is 0 Å². The van der Waals surface area contributed by atoms with Crippen LogP contribution >= 0.6 is 0 Å². The van der Waals surface area contributed by atoms with Gasteiger partial charge in [-0.2, -0.15) is 0 Å². The zero-order valence-corrected chi connectivity index (χ0v) is 12.7. The highest BCUT2D eigenvalue weighted by molar-refractivity contribution is 5.91. The largest absolute Gasteiger partial charge is 0.573 e. The number of hydrogen-bond donors (Lipinski definition) is 1. The van der Waals surface area contributed by atoms with Gasteiger partial charge in [-0.1, -0.05) is 0 Å². The third kappa shape index (κ3) is 4.83. The molecule has 1 N–H and O–H groups in total. The summed E-state index contributed by atoms with van der Waals surface area (Å²) >= 11 is 0. The van der Waals surface area contributed by atoms with Crippen LogP contribution in [0.5, 0.6) is 5.75 Å². The summed E-state index contributed by atoms with van der Waals surface area (Å²) in [7, 11) is 1.14. The molecule has 0 bridgehead atoms. The maximum atomic E-state index is 12.1. The van der Waals surface area contributed by atoms with Crippen molar-refractivity contribution in [2.75, 3.05) is 12.4 Å². The molecule has 2 aromatic rings. The molecular weight excluding hydrogens is 345 g/mol. The molecule has 0 amide bonds. The van der Waals surface area contributed by atoms with E-state index in [0.29, 0.717) is 5.69 Å². The van der Waals surface area contributed by atoms with Gasteiger partial charge >= 0.3 is 12.3 Å². The minimum atomic E-state index is -4.81. The number of nitro benzene ring substituents is 1. The van der Waals surface area contributed by atoms with Crippen LogP contribution in [0.3, 0.4) is 0 Å². The van der Waals surface area contributed by atoms with E-state index in [4.69, 9.17) is 0 Å². The summed E-state index contributed by atoms with van der Waals surface area (Å²) < 4.78 is 44.6. The minimum absolute atomic E-state index is 0.00586. The fraction of sp³-hybridized carbons (Fsp3) is 0.133. The van der Waals surface area contributed by atoms with E-state index < -0.39 is 28.7 Å². The Bertz CT molecular complexity index is 791. The molecule has 2 rings (SSSR count). The summed E-state index contributed by atoms with van der Waals surface area (Å²) in [4.78, 5) is 21.9. The molecule has 0 radical (unpaired) electrons. The Morgan fingerprint density at radius 1 is 1.16 bits per heavy atom. The normalized spacial score (nSPS) is 10.9. The van der Waals surface area contributed by atoms with Gasteiger partial charge in [0.25, 0.3) is 5.69 Å². The van der Waals surface area contributed by atoms with Gasteiger partial charge in [0.1, 0.15) is 11.4 Å². The average molecular weight is 356 g/mol. The first-order chi connectivity index (χ1) is 11.7. The molecule has 0 aliphatic carbocycles. The van der Waals surface area contributed by atoms with Crippen molar-refractivity contribution in [3.63, 3.8) is 0 Å². The molecule has 25 heavy (non-hydrogen) atoms. The second-order valence-electron chi connectivity index (χ2n) is 4.68. The number of carbonyl (C=O) groups is 1. The van der Waals surface area contributed by atoms with Gasteiger partial charge in [-0.15, -0.1) is 13.2 Å². The molecular formula is C15H11F3N2O5. The Labute approximate surface area is 139 Å². The van der Waals surface area contributed by atoms with E-state index in [-0.39, 0.29) is 11.3 Å². The number of rotatable bonds is 5. The van der Waals surface area contributed by atoms with Gasteiger partial charge in [-0.25, -0.2) is 4.79 Å². The van der Waals surface area contributed by atoms with Crippen LogP contribution in [0.15, 0.2) is 42.5 Å². The number of ether oxygens (including phenoxy) is 2. The quantitative estimate of drug-likeness (QED) is 0.494. The smallest absolute Gasteiger partial charge is 0.465 e. The molecule has 0 unspecified atom stereocenters. The molecule has 10 heteroatoms. The third-order valence-electron chi connectivity index (χ3n) is 2.98. The highest BCUT2D eigenvalue weighted by atomic mass is 19.4. The van der Waals surface area contributed by atoms with E-state index in [1.54, 1.807) is 0 Å². The number of esters is 1. The van der Waals surface area contributed by atoms with Crippen molar-refractivity contribution < 1.29 is 32.4 Å². The first kappa shape index (κ1) is 18.0. The van der Waals surface area contributed by atoms with Crippen LogP contribution in [0, 0.1) is 10.1 Å². The van der Waals surface area contributed by atoms with E-state index in [0.717, 1.165) is 25.3 Å². The van der Waals surface area contributed by atoms with Gasteiger partial charge in [-0.05, 0) is 36.4 Å². The van der Waals surface area contributed by atoms with Crippen molar-refractivity contribution in [1.29, 1.82) is 0 Å². The van der Waals surface area contributed by atoms with E-state index in [2.05, 4.69) is 14.8 Å². The summed E-state index contributed by atoms with van der Waals surface area (Å²) in [6, 6.07) is 8.30. The number of nitrogens with one attached hydrogen (secondary N) is 1. The van der Waals surface area contributed by atoms with Crippen LogP contribution < -0.4 is 10.1 Å². The number of methoxy groups -OCH3 is 1. The lowest BCUT2D eigenvalue weighted by Crippen LogP contribution is -2.16.